The third kappa shape index (κ3) is 6.45. The van der Waals surface area contributed by atoms with Crippen LogP contribution in [0.2, 0.25) is 0 Å². The topological polar surface area (TPSA) is 9.23 Å². The fourth-order valence-corrected chi connectivity index (χ4v) is 2.02. The molecule has 0 bridgehead atoms. The first-order valence-electron chi connectivity index (χ1n) is 7.63. The monoisotopic (exact) mass is 246 g/mol. The Balaban J connectivity index is -0.000000439. The average Bonchev–Trinajstić information content (AvgIpc) is 2.42. The second-order valence-corrected chi connectivity index (χ2v) is 4.29. The molecule has 0 aliphatic carbocycles. The van der Waals surface area contributed by atoms with E-state index in [1.54, 1.807) is 0 Å². The molecule has 1 unspecified atom stereocenters. The van der Waals surface area contributed by atoms with E-state index < -0.39 is 0 Å². The Kier molecular flexibility index (Phi) is 16.2. The Labute approximate surface area is 111 Å². The summed E-state index contributed by atoms with van der Waals surface area (Å²) in [5, 5.41) is 0. The van der Waals surface area contributed by atoms with Crippen LogP contribution in [-0.2, 0) is 4.74 Å². The fraction of sp³-hybridized carbons (Fsp3) is 1.00. The fourth-order valence-electron chi connectivity index (χ4n) is 2.02. The predicted octanol–water partition coefficient (Wildman–Crippen LogP) is 6.07. The van der Waals surface area contributed by atoms with Crippen molar-refractivity contribution < 1.29 is 4.74 Å². The van der Waals surface area contributed by atoms with Gasteiger partial charge in [0.1, 0.15) is 0 Å². The van der Waals surface area contributed by atoms with Crippen LogP contribution in [0.4, 0.5) is 0 Å². The number of ether oxygens (including phenoxy) is 1. The average molecular weight is 246 g/mol. The van der Waals surface area contributed by atoms with Gasteiger partial charge in [0.2, 0.25) is 0 Å². The predicted molar refractivity (Wildman–Crippen MR) is 81.7 cm³/mol. The van der Waals surface area contributed by atoms with Crippen molar-refractivity contribution in [3.8, 4) is 0 Å². The van der Waals surface area contributed by atoms with Gasteiger partial charge in [-0.05, 0) is 38.5 Å². The SMILES string of the molecule is CC.CC.CCOC(C)(CC)C(C)(CC)CC. The quantitative estimate of drug-likeness (QED) is 0.552. The number of hydrogen-bond donors (Lipinski definition) is 0. The summed E-state index contributed by atoms with van der Waals surface area (Å²) in [6, 6.07) is 0. The minimum absolute atomic E-state index is 0.0469. The molecule has 0 radical (unpaired) electrons. The molecule has 0 fully saturated rings. The molecule has 0 saturated heterocycles. The Morgan fingerprint density at radius 2 is 1.06 bits per heavy atom. The molecule has 108 valence electrons. The summed E-state index contributed by atoms with van der Waals surface area (Å²) in [6.07, 6.45) is 3.47. The summed E-state index contributed by atoms with van der Waals surface area (Å²) in [6.45, 7) is 22.2. The van der Waals surface area contributed by atoms with Crippen molar-refractivity contribution in [3.05, 3.63) is 0 Å². The van der Waals surface area contributed by atoms with Crippen molar-refractivity contribution in [2.24, 2.45) is 5.41 Å². The Morgan fingerprint density at radius 3 is 1.24 bits per heavy atom. The van der Waals surface area contributed by atoms with Crippen molar-refractivity contribution in [1.29, 1.82) is 0 Å². The van der Waals surface area contributed by atoms with Crippen molar-refractivity contribution in [3.63, 3.8) is 0 Å². The zero-order valence-electron chi connectivity index (χ0n) is 14.2. The van der Waals surface area contributed by atoms with Crippen LogP contribution in [0.3, 0.4) is 0 Å². The molecule has 17 heavy (non-hydrogen) atoms. The van der Waals surface area contributed by atoms with E-state index in [1.807, 2.05) is 27.7 Å². The highest BCUT2D eigenvalue weighted by molar-refractivity contribution is 4.91. The minimum Gasteiger partial charge on any atom is -0.375 e. The molecule has 0 aromatic carbocycles. The smallest absolute Gasteiger partial charge is 0.0704 e. The van der Waals surface area contributed by atoms with Crippen LogP contribution in [0.25, 0.3) is 0 Å². The molecule has 0 saturated carbocycles. The van der Waals surface area contributed by atoms with Gasteiger partial charge < -0.3 is 4.74 Å². The second kappa shape index (κ2) is 12.4. The number of rotatable bonds is 6. The first-order chi connectivity index (χ1) is 7.99. The van der Waals surface area contributed by atoms with E-state index in [9.17, 15) is 0 Å². The highest BCUT2D eigenvalue weighted by Gasteiger charge is 2.41. The molecule has 0 aromatic heterocycles. The zero-order chi connectivity index (χ0) is 14.5. The highest BCUT2D eigenvalue weighted by Crippen LogP contribution is 2.42. The lowest BCUT2D eigenvalue weighted by atomic mass is 9.69. The van der Waals surface area contributed by atoms with Crippen molar-refractivity contribution >= 4 is 0 Å². The van der Waals surface area contributed by atoms with E-state index in [1.165, 1.54) is 12.8 Å². The first-order valence-corrected chi connectivity index (χ1v) is 7.63. The van der Waals surface area contributed by atoms with Gasteiger partial charge in [0.15, 0.2) is 0 Å². The number of hydrogen-bond acceptors (Lipinski definition) is 1. The van der Waals surface area contributed by atoms with Crippen LogP contribution in [0.15, 0.2) is 0 Å². The highest BCUT2D eigenvalue weighted by atomic mass is 16.5. The molecule has 1 atom stereocenters. The van der Waals surface area contributed by atoms with Gasteiger partial charge in [0, 0.05) is 6.61 Å². The van der Waals surface area contributed by atoms with Gasteiger partial charge >= 0.3 is 0 Å². The van der Waals surface area contributed by atoms with Crippen molar-refractivity contribution in [1.82, 2.24) is 0 Å². The normalized spacial score (nSPS) is 13.8. The summed E-state index contributed by atoms with van der Waals surface area (Å²) in [5.41, 5.74) is 0.364. The Bertz CT molecular complexity index is 138. The third-order valence-corrected chi connectivity index (χ3v) is 3.97. The van der Waals surface area contributed by atoms with Gasteiger partial charge in [0.05, 0.1) is 5.60 Å². The zero-order valence-corrected chi connectivity index (χ0v) is 14.2. The van der Waals surface area contributed by atoms with Gasteiger partial charge in [-0.25, -0.2) is 0 Å². The van der Waals surface area contributed by atoms with Gasteiger partial charge in [0.25, 0.3) is 0 Å². The van der Waals surface area contributed by atoms with Crippen LogP contribution in [0, 0.1) is 5.41 Å². The van der Waals surface area contributed by atoms with Crippen molar-refractivity contribution in [2.45, 2.75) is 94.1 Å². The van der Waals surface area contributed by atoms with Gasteiger partial charge in [-0.15, -0.1) is 0 Å². The lowest BCUT2D eigenvalue weighted by Gasteiger charge is -2.45. The lowest BCUT2D eigenvalue weighted by molar-refractivity contribution is -0.119. The Hall–Kier alpha value is -0.0400. The van der Waals surface area contributed by atoms with Crippen LogP contribution in [0.1, 0.15) is 88.5 Å². The molecule has 0 rings (SSSR count). The van der Waals surface area contributed by atoms with Gasteiger partial charge in [-0.3, -0.25) is 0 Å². The molecule has 0 aromatic rings. The summed E-state index contributed by atoms with van der Waals surface area (Å²) in [7, 11) is 0. The second-order valence-electron chi connectivity index (χ2n) is 4.29. The first kappa shape index (κ1) is 22.2. The largest absolute Gasteiger partial charge is 0.375 e. The van der Waals surface area contributed by atoms with E-state index in [-0.39, 0.29) is 5.60 Å². The maximum absolute atomic E-state index is 5.93. The molecule has 1 nitrogen and oxygen atoms in total. The van der Waals surface area contributed by atoms with Crippen molar-refractivity contribution in [2.75, 3.05) is 6.61 Å². The molecule has 1 heteroatoms. The summed E-state index contributed by atoms with van der Waals surface area (Å²) >= 11 is 0. The standard InChI is InChI=1S/C12H26O.2C2H6/c1-7-11(5,8-2)12(6,9-3)13-10-4;2*1-2/h7-10H2,1-6H3;2*1-2H3. The van der Waals surface area contributed by atoms with Gasteiger partial charge in [-0.1, -0.05) is 55.4 Å². The molecular formula is C16H38O. The van der Waals surface area contributed by atoms with Crippen LogP contribution in [-0.4, -0.2) is 12.2 Å². The molecular weight excluding hydrogens is 208 g/mol. The summed E-state index contributed by atoms with van der Waals surface area (Å²) in [4.78, 5) is 0. The molecule has 0 aliphatic heterocycles. The van der Waals surface area contributed by atoms with E-state index in [0.717, 1.165) is 13.0 Å². The molecule has 0 heterocycles. The van der Waals surface area contributed by atoms with Crippen LogP contribution >= 0.6 is 0 Å². The molecule has 0 amide bonds. The molecule has 0 spiro atoms. The summed E-state index contributed by atoms with van der Waals surface area (Å²) in [5.74, 6) is 0. The lowest BCUT2D eigenvalue weighted by Crippen LogP contribution is -2.45. The van der Waals surface area contributed by atoms with E-state index in [4.69, 9.17) is 4.74 Å². The van der Waals surface area contributed by atoms with E-state index >= 15 is 0 Å². The van der Waals surface area contributed by atoms with Gasteiger partial charge in [-0.2, -0.15) is 0 Å². The Morgan fingerprint density at radius 1 is 0.706 bits per heavy atom. The minimum atomic E-state index is 0.0469. The van der Waals surface area contributed by atoms with E-state index in [0.29, 0.717) is 5.41 Å². The molecule has 0 aliphatic rings. The van der Waals surface area contributed by atoms with E-state index in [2.05, 4.69) is 41.5 Å². The summed E-state index contributed by atoms with van der Waals surface area (Å²) < 4.78 is 5.93. The van der Waals surface area contributed by atoms with Crippen LogP contribution in [0.5, 0.6) is 0 Å². The van der Waals surface area contributed by atoms with Crippen LogP contribution < -0.4 is 0 Å². The molecule has 0 N–H and O–H groups in total. The third-order valence-electron chi connectivity index (χ3n) is 3.97. The maximum Gasteiger partial charge on any atom is 0.0704 e. The maximum atomic E-state index is 5.93.